The van der Waals surface area contributed by atoms with Crippen molar-refractivity contribution in [2.45, 2.75) is 37.5 Å². The van der Waals surface area contributed by atoms with Gasteiger partial charge in [0.1, 0.15) is 17.6 Å². The SMILES string of the molecule is C=C(O)C1=C2NC(C3CCCNC3)CC(C(F)(F)F)N2NC1. The van der Waals surface area contributed by atoms with Gasteiger partial charge in [-0.15, -0.1) is 0 Å². The van der Waals surface area contributed by atoms with Crippen molar-refractivity contribution >= 4 is 0 Å². The fourth-order valence-corrected chi connectivity index (χ4v) is 3.53. The second-order valence-corrected chi connectivity index (χ2v) is 6.13. The van der Waals surface area contributed by atoms with Gasteiger partial charge >= 0.3 is 6.18 Å². The number of piperidine rings is 1. The molecule has 0 aromatic heterocycles. The van der Waals surface area contributed by atoms with Gasteiger partial charge in [0.15, 0.2) is 0 Å². The van der Waals surface area contributed by atoms with Crippen LogP contribution in [0, 0.1) is 5.92 Å². The van der Waals surface area contributed by atoms with E-state index in [-0.39, 0.29) is 30.7 Å². The van der Waals surface area contributed by atoms with Crippen LogP contribution in [-0.4, -0.2) is 48.0 Å². The summed E-state index contributed by atoms with van der Waals surface area (Å²) >= 11 is 0. The molecule has 0 spiro atoms. The Hall–Kier alpha value is -1.41. The smallest absolute Gasteiger partial charge is 0.410 e. The van der Waals surface area contributed by atoms with Gasteiger partial charge < -0.3 is 15.7 Å². The molecule has 2 fully saturated rings. The molecule has 0 aromatic carbocycles. The zero-order chi connectivity index (χ0) is 15.9. The van der Waals surface area contributed by atoms with E-state index < -0.39 is 12.2 Å². The number of fused-ring (bicyclic) bond motifs is 1. The highest BCUT2D eigenvalue weighted by Gasteiger charge is 2.51. The van der Waals surface area contributed by atoms with E-state index >= 15 is 0 Å². The molecular weight excluding hydrogens is 297 g/mol. The Kier molecular flexibility index (Phi) is 3.98. The van der Waals surface area contributed by atoms with Crippen molar-refractivity contribution < 1.29 is 18.3 Å². The van der Waals surface area contributed by atoms with Crippen molar-refractivity contribution in [3.05, 3.63) is 23.7 Å². The van der Waals surface area contributed by atoms with E-state index in [1.807, 2.05) is 0 Å². The highest BCUT2D eigenvalue weighted by atomic mass is 19.4. The molecule has 0 saturated carbocycles. The first-order valence-electron chi connectivity index (χ1n) is 7.56. The van der Waals surface area contributed by atoms with E-state index in [9.17, 15) is 18.3 Å². The first-order valence-corrected chi connectivity index (χ1v) is 7.56. The number of hydrazine groups is 1. The Labute approximate surface area is 127 Å². The van der Waals surface area contributed by atoms with Gasteiger partial charge in [-0.25, -0.2) is 5.43 Å². The zero-order valence-electron chi connectivity index (χ0n) is 12.2. The van der Waals surface area contributed by atoms with Crippen LogP contribution in [-0.2, 0) is 0 Å². The molecule has 8 heteroatoms. The van der Waals surface area contributed by atoms with Gasteiger partial charge in [0.05, 0.1) is 5.57 Å². The second kappa shape index (κ2) is 5.66. The van der Waals surface area contributed by atoms with Gasteiger partial charge in [-0.2, -0.15) is 13.2 Å². The van der Waals surface area contributed by atoms with Crippen LogP contribution in [0.5, 0.6) is 0 Å². The molecule has 5 nitrogen and oxygen atoms in total. The van der Waals surface area contributed by atoms with Crippen LogP contribution < -0.4 is 16.1 Å². The van der Waals surface area contributed by atoms with E-state index in [0.29, 0.717) is 11.4 Å². The molecule has 0 bridgehead atoms. The lowest BCUT2D eigenvalue weighted by atomic mass is 9.86. The molecule has 0 aromatic rings. The van der Waals surface area contributed by atoms with Crippen LogP contribution in [0.15, 0.2) is 23.7 Å². The summed E-state index contributed by atoms with van der Waals surface area (Å²) in [6, 6.07) is -1.85. The molecule has 0 radical (unpaired) electrons. The van der Waals surface area contributed by atoms with E-state index in [0.717, 1.165) is 30.9 Å². The molecule has 4 N–H and O–H groups in total. The molecule has 3 heterocycles. The number of nitrogens with one attached hydrogen (secondary N) is 3. The number of hydrogen-bond acceptors (Lipinski definition) is 5. The summed E-state index contributed by atoms with van der Waals surface area (Å²) in [6.07, 6.45) is -2.45. The molecule has 0 amide bonds. The number of rotatable bonds is 2. The minimum absolute atomic E-state index is 0.00245. The third kappa shape index (κ3) is 2.77. The number of nitrogens with zero attached hydrogens (tertiary/aromatic N) is 1. The number of halogens is 3. The average molecular weight is 318 g/mol. The molecule has 124 valence electrons. The number of hydrogen-bond donors (Lipinski definition) is 4. The van der Waals surface area contributed by atoms with Gasteiger partial charge in [0.25, 0.3) is 0 Å². The van der Waals surface area contributed by atoms with Crippen LogP contribution >= 0.6 is 0 Å². The van der Waals surface area contributed by atoms with Crippen LogP contribution in [0.1, 0.15) is 19.3 Å². The maximum absolute atomic E-state index is 13.4. The minimum atomic E-state index is -4.33. The van der Waals surface area contributed by atoms with Gasteiger partial charge in [0.2, 0.25) is 0 Å². The van der Waals surface area contributed by atoms with E-state index in [4.69, 9.17) is 0 Å². The Bertz CT molecular complexity index is 485. The van der Waals surface area contributed by atoms with Crippen LogP contribution in [0.25, 0.3) is 0 Å². The maximum atomic E-state index is 13.4. The quantitative estimate of drug-likeness (QED) is 0.580. The van der Waals surface area contributed by atoms with Crippen molar-refractivity contribution in [1.82, 2.24) is 21.1 Å². The maximum Gasteiger partial charge on any atom is 0.410 e. The molecule has 3 aliphatic heterocycles. The van der Waals surface area contributed by atoms with Crippen molar-refractivity contribution in [2.75, 3.05) is 19.6 Å². The molecule has 3 atom stereocenters. The van der Waals surface area contributed by atoms with Gasteiger partial charge in [-0.1, -0.05) is 6.58 Å². The summed E-state index contributed by atoms with van der Waals surface area (Å²) in [7, 11) is 0. The molecular formula is C14H21F3N4O. The predicted molar refractivity (Wildman–Crippen MR) is 75.6 cm³/mol. The summed E-state index contributed by atoms with van der Waals surface area (Å²) in [5.41, 5.74) is 3.12. The van der Waals surface area contributed by atoms with E-state index in [1.165, 1.54) is 0 Å². The summed E-state index contributed by atoms with van der Waals surface area (Å²) in [5, 5.41) is 17.2. The predicted octanol–water partition coefficient (Wildman–Crippen LogP) is 1.38. The number of aliphatic hydroxyl groups is 1. The van der Waals surface area contributed by atoms with Crippen LogP contribution in [0.4, 0.5) is 13.2 Å². The summed E-state index contributed by atoms with van der Waals surface area (Å²) in [5.74, 6) is 0.277. The van der Waals surface area contributed by atoms with Crippen molar-refractivity contribution in [2.24, 2.45) is 5.92 Å². The van der Waals surface area contributed by atoms with Crippen molar-refractivity contribution in [1.29, 1.82) is 0 Å². The standard InChI is InChI=1S/C14H21F3N4O/c1-8(22)10-7-19-21-12(14(15,16)17)5-11(20-13(10)21)9-3-2-4-18-6-9/h9,11-12,18-20,22H,1-7H2. The number of alkyl halides is 3. The third-order valence-corrected chi connectivity index (χ3v) is 4.69. The van der Waals surface area contributed by atoms with Crippen LogP contribution in [0.2, 0.25) is 0 Å². The van der Waals surface area contributed by atoms with E-state index in [2.05, 4.69) is 22.6 Å². The molecule has 3 aliphatic rings. The largest absolute Gasteiger partial charge is 0.508 e. The Balaban J connectivity index is 1.89. The summed E-state index contributed by atoms with van der Waals surface area (Å²) in [4.78, 5) is 0. The summed E-state index contributed by atoms with van der Waals surface area (Å²) in [6.45, 7) is 5.24. The van der Waals surface area contributed by atoms with E-state index in [1.54, 1.807) is 0 Å². The molecule has 3 unspecified atom stereocenters. The van der Waals surface area contributed by atoms with Crippen molar-refractivity contribution in [3.8, 4) is 0 Å². The lowest BCUT2D eigenvalue weighted by Crippen LogP contribution is -2.61. The molecule has 0 aliphatic carbocycles. The zero-order valence-corrected chi connectivity index (χ0v) is 12.2. The van der Waals surface area contributed by atoms with Gasteiger partial charge in [-0.3, -0.25) is 5.01 Å². The second-order valence-electron chi connectivity index (χ2n) is 6.13. The molecule has 22 heavy (non-hydrogen) atoms. The Morgan fingerprint density at radius 2 is 2.14 bits per heavy atom. The lowest BCUT2D eigenvalue weighted by Gasteiger charge is -2.44. The normalized spacial score (nSPS) is 32.7. The van der Waals surface area contributed by atoms with Gasteiger partial charge in [-0.05, 0) is 38.3 Å². The van der Waals surface area contributed by atoms with Crippen LogP contribution in [0.3, 0.4) is 0 Å². The lowest BCUT2D eigenvalue weighted by molar-refractivity contribution is -0.194. The highest BCUT2D eigenvalue weighted by molar-refractivity contribution is 5.33. The first-order chi connectivity index (χ1) is 10.4. The highest BCUT2D eigenvalue weighted by Crippen LogP contribution is 2.37. The third-order valence-electron chi connectivity index (χ3n) is 4.69. The Morgan fingerprint density at radius 3 is 2.73 bits per heavy atom. The number of aliphatic hydroxyl groups excluding tert-OH is 1. The summed E-state index contributed by atoms with van der Waals surface area (Å²) < 4.78 is 40.2. The molecule has 3 rings (SSSR count). The topological polar surface area (TPSA) is 59.6 Å². The minimum Gasteiger partial charge on any atom is -0.508 e. The van der Waals surface area contributed by atoms with Gasteiger partial charge in [0, 0.05) is 12.6 Å². The Morgan fingerprint density at radius 1 is 1.36 bits per heavy atom. The van der Waals surface area contributed by atoms with Crippen molar-refractivity contribution in [3.63, 3.8) is 0 Å². The fraction of sp³-hybridized carbons (Fsp3) is 0.714. The first kappa shape index (κ1) is 15.5. The fourth-order valence-electron chi connectivity index (χ4n) is 3.53. The average Bonchev–Trinajstić information content (AvgIpc) is 2.90. The monoisotopic (exact) mass is 318 g/mol. The molecule has 2 saturated heterocycles.